The summed E-state index contributed by atoms with van der Waals surface area (Å²) in [5, 5.41) is 9.43. The van der Waals surface area contributed by atoms with Crippen LogP contribution in [0.15, 0.2) is 30.3 Å². The van der Waals surface area contributed by atoms with Crippen LogP contribution in [-0.4, -0.2) is 18.0 Å². The Morgan fingerprint density at radius 1 is 1.29 bits per heavy atom. The van der Waals surface area contributed by atoms with Gasteiger partial charge in [-0.05, 0) is 30.7 Å². The van der Waals surface area contributed by atoms with E-state index in [2.05, 4.69) is 41.3 Å². The van der Waals surface area contributed by atoms with Gasteiger partial charge in [-0.2, -0.15) is 5.26 Å². The summed E-state index contributed by atoms with van der Waals surface area (Å²) in [6, 6.07) is 13.2. The summed E-state index contributed by atoms with van der Waals surface area (Å²) in [5.74, 6) is 0.688. The first-order chi connectivity index (χ1) is 8.32. The fourth-order valence-electron chi connectivity index (χ4n) is 3.04. The molecule has 1 aliphatic heterocycles. The highest BCUT2D eigenvalue weighted by Gasteiger charge is 2.49. The fraction of sp³-hybridized carbons (Fsp3) is 0.533. The van der Waals surface area contributed by atoms with Crippen LogP contribution in [0.25, 0.3) is 0 Å². The molecule has 1 aromatic carbocycles. The van der Waals surface area contributed by atoms with Gasteiger partial charge in [0.15, 0.2) is 0 Å². The van der Waals surface area contributed by atoms with E-state index in [4.69, 9.17) is 0 Å². The van der Waals surface area contributed by atoms with Crippen LogP contribution in [0.2, 0.25) is 0 Å². The van der Waals surface area contributed by atoms with Crippen molar-refractivity contribution in [2.24, 2.45) is 11.3 Å². The van der Waals surface area contributed by atoms with Gasteiger partial charge in [-0.25, -0.2) is 0 Å². The van der Waals surface area contributed by atoms with E-state index in [-0.39, 0.29) is 5.41 Å². The summed E-state index contributed by atoms with van der Waals surface area (Å²) >= 11 is 0. The number of hydrogen-bond donors (Lipinski definition) is 0. The molecule has 2 nitrogen and oxygen atoms in total. The molecule has 0 aromatic heterocycles. The molecule has 0 N–H and O–H groups in total. The van der Waals surface area contributed by atoms with Crippen molar-refractivity contribution >= 4 is 0 Å². The van der Waals surface area contributed by atoms with E-state index in [1.165, 1.54) is 18.4 Å². The minimum absolute atomic E-state index is 0.0191. The van der Waals surface area contributed by atoms with Crippen molar-refractivity contribution in [3.05, 3.63) is 35.9 Å². The third kappa shape index (κ3) is 2.08. The number of rotatable bonds is 3. The normalized spacial score (nSPS) is 29.1. The molecule has 1 aromatic rings. The monoisotopic (exact) mass is 226 g/mol. The number of hydrogen-bond acceptors (Lipinski definition) is 2. The average molecular weight is 226 g/mol. The zero-order chi connectivity index (χ0) is 11.7. The van der Waals surface area contributed by atoms with Crippen LogP contribution >= 0.6 is 0 Å². The van der Waals surface area contributed by atoms with E-state index >= 15 is 0 Å². The third-order valence-electron chi connectivity index (χ3n) is 4.21. The first-order valence-corrected chi connectivity index (χ1v) is 6.50. The Morgan fingerprint density at radius 3 is 2.71 bits per heavy atom. The largest absolute Gasteiger partial charge is 0.297 e. The van der Waals surface area contributed by atoms with Gasteiger partial charge in [0, 0.05) is 19.6 Å². The van der Waals surface area contributed by atoms with Gasteiger partial charge in [0.2, 0.25) is 0 Å². The summed E-state index contributed by atoms with van der Waals surface area (Å²) in [6.07, 6.45) is 3.61. The van der Waals surface area contributed by atoms with E-state index in [1.54, 1.807) is 0 Å². The lowest BCUT2D eigenvalue weighted by molar-refractivity contribution is 0.276. The van der Waals surface area contributed by atoms with Gasteiger partial charge in [-0.15, -0.1) is 0 Å². The Balaban J connectivity index is 1.66. The Morgan fingerprint density at radius 2 is 2.06 bits per heavy atom. The summed E-state index contributed by atoms with van der Waals surface area (Å²) in [4.78, 5) is 2.44. The van der Waals surface area contributed by atoms with Gasteiger partial charge in [0.05, 0.1) is 11.5 Å². The number of nitrogens with zero attached hydrogens (tertiary/aromatic N) is 2. The molecule has 17 heavy (non-hydrogen) atoms. The van der Waals surface area contributed by atoms with Gasteiger partial charge in [0.25, 0.3) is 0 Å². The second-order valence-corrected chi connectivity index (χ2v) is 5.49. The van der Waals surface area contributed by atoms with Crippen molar-refractivity contribution in [2.75, 3.05) is 13.1 Å². The molecule has 88 valence electrons. The van der Waals surface area contributed by atoms with Crippen LogP contribution < -0.4 is 0 Å². The molecule has 3 rings (SSSR count). The van der Waals surface area contributed by atoms with Gasteiger partial charge < -0.3 is 0 Å². The average Bonchev–Trinajstić information content (AvgIpc) is 3.14. The molecule has 2 heteroatoms. The van der Waals surface area contributed by atoms with Crippen molar-refractivity contribution in [1.29, 1.82) is 5.26 Å². The molecule has 2 fully saturated rings. The van der Waals surface area contributed by atoms with Crippen LogP contribution in [0.1, 0.15) is 24.8 Å². The Hall–Kier alpha value is -1.33. The molecule has 0 spiro atoms. The maximum absolute atomic E-state index is 9.43. The quantitative estimate of drug-likeness (QED) is 0.792. The minimum atomic E-state index is -0.0191. The summed E-state index contributed by atoms with van der Waals surface area (Å²) in [7, 11) is 0. The molecule has 1 atom stereocenters. The Kier molecular flexibility index (Phi) is 2.64. The Labute approximate surface area is 103 Å². The highest BCUT2D eigenvalue weighted by molar-refractivity contribution is 5.17. The standard InChI is InChI=1S/C15H18N2/c16-11-15(14-6-7-14)8-9-17(12-15)10-13-4-2-1-3-5-13/h1-5,14H,6-10,12H2. The van der Waals surface area contributed by atoms with E-state index in [0.717, 1.165) is 26.1 Å². The van der Waals surface area contributed by atoms with Gasteiger partial charge in [-0.1, -0.05) is 30.3 Å². The molecule has 0 radical (unpaired) electrons. The van der Waals surface area contributed by atoms with Crippen LogP contribution in [-0.2, 0) is 6.54 Å². The van der Waals surface area contributed by atoms with Crippen LogP contribution in [0, 0.1) is 22.7 Å². The minimum Gasteiger partial charge on any atom is -0.297 e. The lowest BCUT2D eigenvalue weighted by Gasteiger charge is -2.21. The predicted molar refractivity (Wildman–Crippen MR) is 67.1 cm³/mol. The van der Waals surface area contributed by atoms with E-state index < -0.39 is 0 Å². The zero-order valence-electron chi connectivity index (χ0n) is 10.1. The van der Waals surface area contributed by atoms with Crippen molar-refractivity contribution in [3.63, 3.8) is 0 Å². The lowest BCUT2D eigenvalue weighted by Crippen LogP contribution is -2.27. The molecule has 2 aliphatic rings. The molecule has 0 amide bonds. The molecule has 1 aliphatic carbocycles. The van der Waals surface area contributed by atoms with Crippen LogP contribution in [0.4, 0.5) is 0 Å². The summed E-state index contributed by atoms with van der Waals surface area (Å²) < 4.78 is 0. The number of likely N-dealkylation sites (tertiary alicyclic amines) is 1. The van der Waals surface area contributed by atoms with Crippen molar-refractivity contribution in [1.82, 2.24) is 4.90 Å². The lowest BCUT2D eigenvalue weighted by atomic mass is 9.83. The highest BCUT2D eigenvalue weighted by Crippen LogP contribution is 2.50. The van der Waals surface area contributed by atoms with Gasteiger partial charge in [0.1, 0.15) is 0 Å². The highest BCUT2D eigenvalue weighted by atomic mass is 15.2. The van der Waals surface area contributed by atoms with Gasteiger partial charge in [-0.3, -0.25) is 4.90 Å². The Bertz CT molecular complexity index is 430. The third-order valence-corrected chi connectivity index (χ3v) is 4.21. The number of nitriles is 1. The van der Waals surface area contributed by atoms with Crippen LogP contribution in [0.3, 0.4) is 0 Å². The molecule has 1 saturated carbocycles. The SMILES string of the molecule is N#CC1(C2CC2)CCN(Cc2ccccc2)C1. The predicted octanol–water partition coefficient (Wildman–Crippen LogP) is 2.81. The van der Waals surface area contributed by atoms with Gasteiger partial charge >= 0.3 is 0 Å². The molecular formula is C15H18N2. The molecule has 1 unspecified atom stereocenters. The topological polar surface area (TPSA) is 27.0 Å². The molecule has 1 saturated heterocycles. The molecule has 1 heterocycles. The van der Waals surface area contributed by atoms with E-state index in [9.17, 15) is 5.26 Å². The smallest absolute Gasteiger partial charge is 0.0741 e. The maximum atomic E-state index is 9.43. The van der Waals surface area contributed by atoms with E-state index in [1.807, 2.05) is 0 Å². The molecular weight excluding hydrogens is 208 g/mol. The zero-order valence-corrected chi connectivity index (χ0v) is 10.1. The van der Waals surface area contributed by atoms with Crippen molar-refractivity contribution in [2.45, 2.75) is 25.8 Å². The number of benzene rings is 1. The molecule has 0 bridgehead atoms. The second kappa shape index (κ2) is 4.16. The first-order valence-electron chi connectivity index (χ1n) is 6.50. The van der Waals surface area contributed by atoms with Crippen LogP contribution in [0.5, 0.6) is 0 Å². The fourth-order valence-corrected chi connectivity index (χ4v) is 3.04. The maximum Gasteiger partial charge on any atom is 0.0741 e. The summed E-state index contributed by atoms with van der Waals surface area (Å²) in [6.45, 7) is 3.05. The van der Waals surface area contributed by atoms with E-state index in [0.29, 0.717) is 5.92 Å². The summed E-state index contributed by atoms with van der Waals surface area (Å²) in [5.41, 5.74) is 1.34. The van der Waals surface area contributed by atoms with Crippen molar-refractivity contribution < 1.29 is 0 Å². The van der Waals surface area contributed by atoms with Crippen molar-refractivity contribution in [3.8, 4) is 6.07 Å². The second-order valence-electron chi connectivity index (χ2n) is 5.49. The first kappa shape index (κ1) is 10.8.